The third kappa shape index (κ3) is 4.16. The molecule has 0 spiro atoms. The van der Waals surface area contributed by atoms with Crippen LogP contribution < -0.4 is 10.2 Å². The summed E-state index contributed by atoms with van der Waals surface area (Å²) in [6, 6.07) is 17.3. The first-order valence-electron chi connectivity index (χ1n) is 10.1. The number of amides is 1. The van der Waals surface area contributed by atoms with Crippen molar-refractivity contribution in [2.45, 2.75) is 32.2 Å². The van der Waals surface area contributed by atoms with Crippen LogP contribution in [0.2, 0.25) is 0 Å². The van der Waals surface area contributed by atoms with Gasteiger partial charge in [-0.15, -0.1) is 0 Å². The molecule has 0 aromatic heterocycles. The van der Waals surface area contributed by atoms with E-state index in [-0.39, 0.29) is 11.9 Å². The van der Waals surface area contributed by atoms with Gasteiger partial charge in [0.15, 0.2) is 0 Å². The highest BCUT2D eigenvalue weighted by Gasteiger charge is 2.24. The fourth-order valence-corrected chi connectivity index (χ4v) is 4.41. The number of fused-ring (bicyclic) bond motifs is 1. The fourth-order valence-electron chi connectivity index (χ4n) is 4.41. The number of benzene rings is 2. The maximum Gasteiger partial charge on any atom is 0.234 e. The molecule has 1 N–H and O–H groups in total. The van der Waals surface area contributed by atoms with E-state index in [1.54, 1.807) is 0 Å². The van der Waals surface area contributed by atoms with Gasteiger partial charge in [0.2, 0.25) is 5.91 Å². The quantitative estimate of drug-likeness (QED) is 0.905. The smallest absolute Gasteiger partial charge is 0.234 e. The average Bonchev–Trinajstić information content (AvgIpc) is 2.69. The van der Waals surface area contributed by atoms with E-state index in [0.717, 1.165) is 45.4 Å². The monoisotopic (exact) mass is 363 g/mol. The number of hydrogen-bond acceptors (Lipinski definition) is 3. The fraction of sp³-hybridized carbons (Fsp3) is 0.435. The van der Waals surface area contributed by atoms with Gasteiger partial charge in [-0.1, -0.05) is 42.5 Å². The van der Waals surface area contributed by atoms with Crippen LogP contribution in [0.15, 0.2) is 48.5 Å². The molecule has 1 unspecified atom stereocenters. The molecule has 1 fully saturated rings. The molecule has 0 radical (unpaired) electrons. The van der Waals surface area contributed by atoms with Crippen LogP contribution in [0.25, 0.3) is 0 Å². The number of aryl methyl sites for hydroxylation is 2. The van der Waals surface area contributed by atoms with Gasteiger partial charge in [-0.3, -0.25) is 9.69 Å². The molecule has 0 saturated carbocycles. The summed E-state index contributed by atoms with van der Waals surface area (Å²) in [5.74, 6) is 0.154. The van der Waals surface area contributed by atoms with Crippen molar-refractivity contribution < 1.29 is 4.79 Å². The standard InChI is InChI=1S/C23H29N3O/c1-18-7-2-5-12-22(18)26-15-13-25(14-16-26)17-23(27)24-21-11-6-9-19-8-3-4-10-20(19)21/h2-5,7-8,10,12,21H,6,9,11,13-17H2,1H3,(H,24,27). The van der Waals surface area contributed by atoms with E-state index in [1.807, 2.05) is 0 Å². The Balaban J connectivity index is 1.30. The van der Waals surface area contributed by atoms with Crippen molar-refractivity contribution in [2.24, 2.45) is 0 Å². The SMILES string of the molecule is Cc1ccccc1N1CCN(CC(=O)NC2CCCc3ccccc32)CC1. The molecule has 4 heteroatoms. The third-order valence-electron chi connectivity index (χ3n) is 5.90. The second kappa shape index (κ2) is 8.13. The van der Waals surface area contributed by atoms with Crippen LogP contribution in [0.1, 0.15) is 35.6 Å². The summed E-state index contributed by atoms with van der Waals surface area (Å²) in [4.78, 5) is 17.3. The predicted octanol–water partition coefficient (Wildman–Crippen LogP) is 3.31. The molecule has 1 aliphatic heterocycles. The Bertz CT molecular complexity index is 796. The predicted molar refractivity (Wildman–Crippen MR) is 110 cm³/mol. The van der Waals surface area contributed by atoms with Gasteiger partial charge in [-0.2, -0.15) is 0 Å². The summed E-state index contributed by atoms with van der Waals surface area (Å²) in [7, 11) is 0. The summed E-state index contributed by atoms with van der Waals surface area (Å²) in [5.41, 5.74) is 5.34. The number of nitrogens with one attached hydrogen (secondary N) is 1. The molecule has 1 heterocycles. The van der Waals surface area contributed by atoms with E-state index in [2.05, 4.69) is 70.6 Å². The van der Waals surface area contributed by atoms with Gasteiger partial charge in [0.1, 0.15) is 0 Å². The number of carbonyl (C=O) groups is 1. The lowest BCUT2D eigenvalue weighted by molar-refractivity contribution is -0.123. The highest BCUT2D eigenvalue weighted by molar-refractivity contribution is 5.78. The molecule has 1 saturated heterocycles. The Hall–Kier alpha value is -2.33. The summed E-state index contributed by atoms with van der Waals surface area (Å²) in [6.45, 7) is 6.48. The van der Waals surface area contributed by atoms with Crippen LogP contribution in [0, 0.1) is 6.92 Å². The minimum atomic E-state index is 0.154. The van der Waals surface area contributed by atoms with Gasteiger partial charge in [0.05, 0.1) is 12.6 Å². The lowest BCUT2D eigenvalue weighted by Gasteiger charge is -2.36. The van der Waals surface area contributed by atoms with Gasteiger partial charge >= 0.3 is 0 Å². The van der Waals surface area contributed by atoms with E-state index >= 15 is 0 Å². The van der Waals surface area contributed by atoms with Gasteiger partial charge in [0.25, 0.3) is 0 Å². The third-order valence-corrected chi connectivity index (χ3v) is 5.90. The second-order valence-electron chi connectivity index (χ2n) is 7.76. The van der Waals surface area contributed by atoms with Crippen molar-refractivity contribution >= 4 is 11.6 Å². The van der Waals surface area contributed by atoms with Crippen LogP contribution >= 0.6 is 0 Å². The van der Waals surface area contributed by atoms with Crippen LogP contribution in [0.3, 0.4) is 0 Å². The Kier molecular flexibility index (Phi) is 5.44. The van der Waals surface area contributed by atoms with Gasteiger partial charge in [-0.05, 0) is 48.9 Å². The first kappa shape index (κ1) is 18.1. The molecular weight excluding hydrogens is 334 g/mol. The number of carbonyl (C=O) groups excluding carboxylic acids is 1. The molecule has 2 aliphatic rings. The van der Waals surface area contributed by atoms with Crippen LogP contribution in [0.5, 0.6) is 0 Å². The van der Waals surface area contributed by atoms with E-state index in [0.29, 0.717) is 6.54 Å². The Morgan fingerprint density at radius 2 is 1.78 bits per heavy atom. The maximum atomic E-state index is 12.6. The molecule has 1 atom stereocenters. The van der Waals surface area contributed by atoms with Crippen molar-refractivity contribution in [1.29, 1.82) is 0 Å². The van der Waals surface area contributed by atoms with Gasteiger partial charge < -0.3 is 10.2 Å². The highest BCUT2D eigenvalue weighted by Crippen LogP contribution is 2.29. The normalized spacial score (nSPS) is 20.2. The van der Waals surface area contributed by atoms with E-state index in [4.69, 9.17) is 0 Å². The molecule has 2 aromatic carbocycles. The average molecular weight is 364 g/mol. The minimum Gasteiger partial charge on any atom is -0.369 e. The molecular formula is C23H29N3O. The molecule has 142 valence electrons. The van der Waals surface area contributed by atoms with Crippen molar-refractivity contribution in [3.05, 3.63) is 65.2 Å². The molecule has 2 aromatic rings. The highest BCUT2D eigenvalue weighted by atomic mass is 16.2. The molecule has 4 rings (SSSR count). The Morgan fingerprint density at radius 1 is 1.04 bits per heavy atom. The van der Waals surface area contributed by atoms with E-state index in [1.165, 1.54) is 22.4 Å². The number of anilines is 1. The first-order chi connectivity index (χ1) is 13.2. The minimum absolute atomic E-state index is 0.154. The van der Waals surface area contributed by atoms with Crippen molar-refractivity contribution in [3.8, 4) is 0 Å². The Morgan fingerprint density at radius 3 is 2.59 bits per heavy atom. The van der Waals surface area contributed by atoms with Crippen LogP contribution in [-0.2, 0) is 11.2 Å². The first-order valence-corrected chi connectivity index (χ1v) is 10.1. The zero-order valence-electron chi connectivity index (χ0n) is 16.2. The molecule has 27 heavy (non-hydrogen) atoms. The van der Waals surface area contributed by atoms with E-state index < -0.39 is 0 Å². The number of para-hydroxylation sites is 1. The zero-order chi connectivity index (χ0) is 18.6. The van der Waals surface area contributed by atoms with Crippen molar-refractivity contribution in [1.82, 2.24) is 10.2 Å². The molecule has 1 aliphatic carbocycles. The van der Waals surface area contributed by atoms with E-state index in [9.17, 15) is 4.79 Å². The molecule has 0 bridgehead atoms. The lowest BCUT2D eigenvalue weighted by Crippen LogP contribution is -2.50. The van der Waals surface area contributed by atoms with Crippen LogP contribution in [0.4, 0.5) is 5.69 Å². The summed E-state index contributed by atoms with van der Waals surface area (Å²) in [5, 5.41) is 3.28. The maximum absolute atomic E-state index is 12.6. The summed E-state index contributed by atoms with van der Waals surface area (Å²) >= 11 is 0. The topological polar surface area (TPSA) is 35.6 Å². The number of piperazine rings is 1. The number of nitrogens with zero attached hydrogens (tertiary/aromatic N) is 2. The number of rotatable bonds is 4. The summed E-state index contributed by atoms with van der Waals surface area (Å²) < 4.78 is 0. The molecule has 1 amide bonds. The van der Waals surface area contributed by atoms with Crippen LogP contribution in [-0.4, -0.2) is 43.5 Å². The van der Waals surface area contributed by atoms with Gasteiger partial charge in [-0.25, -0.2) is 0 Å². The lowest BCUT2D eigenvalue weighted by atomic mass is 9.88. The van der Waals surface area contributed by atoms with Gasteiger partial charge in [0, 0.05) is 31.9 Å². The Labute approximate surface area is 162 Å². The largest absolute Gasteiger partial charge is 0.369 e. The second-order valence-corrected chi connectivity index (χ2v) is 7.76. The van der Waals surface area contributed by atoms with Crippen molar-refractivity contribution in [2.75, 3.05) is 37.6 Å². The zero-order valence-corrected chi connectivity index (χ0v) is 16.2. The van der Waals surface area contributed by atoms with Crippen molar-refractivity contribution in [3.63, 3.8) is 0 Å². The summed E-state index contributed by atoms with van der Waals surface area (Å²) in [6.07, 6.45) is 3.32. The molecule has 4 nitrogen and oxygen atoms in total. The number of hydrogen-bond donors (Lipinski definition) is 1.